The van der Waals surface area contributed by atoms with Crippen LogP contribution in [0.5, 0.6) is 0 Å². The molecule has 0 aliphatic carbocycles. The van der Waals surface area contributed by atoms with Gasteiger partial charge in [-0.1, -0.05) is 13.8 Å². The van der Waals surface area contributed by atoms with E-state index in [1.54, 1.807) is 0 Å². The van der Waals surface area contributed by atoms with Crippen molar-refractivity contribution in [3.05, 3.63) is 0 Å². The predicted molar refractivity (Wildman–Crippen MR) is 60.6 cm³/mol. The van der Waals surface area contributed by atoms with Gasteiger partial charge >= 0.3 is 0 Å². The van der Waals surface area contributed by atoms with Gasteiger partial charge in [-0.15, -0.1) is 0 Å². The Kier molecular flexibility index (Phi) is 7.20. The molecule has 0 saturated carbocycles. The normalized spacial score (nSPS) is 16.3. The monoisotopic (exact) mass is 202 g/mol. The van der Waals surface area contributed by atoms with E-state index in [1.165, 1.54) is 0 Å². The van der Waals surface area contributed by atoms with E-state index >= 15 is 0 Å². The van der Waals surface area contributed by atoms with E-state index in [0.29, 0.717) is 18.6 Å². The van der Waals surface area contributed by atoms with Crippen molar-refractivity contribution in [3.63, 3.8) is 0 Å². The molecule has 0 saturated heterocycles. The average Bonchev–Trinajstić information content (AvgIpc) is 1.98. The Morgan fingerprint density at radius 2 is 1.43 bits per heavy atom. The fraction of sp³-hybridized carbons (Fsp3) is 1.00. The first-order valence-corrected chi connectivity index (χ1v) is 5.68. The minimum atomic E-state index is 0.199. The fourth-order valence-electron chi connectivity index (χ4n) is 1.54. The van der Waals surface area contributed by atoms with Gasteiger partial charge in [0.1, 0.15) is 0 Å². The lowest BCUT2D eigenvalue weighted by Gasteiger charge is -2.20. The van der Waals surface area contributed by atoms with E-state index in [9.17, 15) is 0 Å². The molecule has 2 heteroatoms. The van der Waals surface area contributed by atoms with Crippen molar-refractivity contribution in [3.8, 4) is 0 Å². The summed E-state index contributed by atoms with van der Waals surface area (Å²) in [6.07, 6.45) is 1.95. The second kappa shape index (κ2) is 7.24. The van der Waals surface area contributed by atoms with E-state index in [-0.39, 0.29) is 12.2 Å². The van der Waals surface area contributed by atoms with Crippen LogP contribution in [-0.2, 0) is 9.47 Å². The summed E-state index contributed by atoms with van der Waals surface area (Å²) >= 11 is 0. The van der Waals surface area contributed by atoms with Crippen LogP contribution in [0.4, 0.5) is 0 Å². The lowest BCUT2D eigenvalue weighted by Crippen LogP contribution is -2.23. The van der Waals surface area contributed by atoms with Crippen LogP contribution in [0, 0.1) is 5.92 Å². The summed E-state index contributed by atoms with van der Waals surface area (Å²) in [5.74, 6) is 0.700. The molecule has 2 nitrogen and oxygen atoms in total. The quantitative estimate of drug-likeness (QED) is 0.631. The maximum absolute atomic E-state index is 5.69. The molecule has 0 radical (unpaired) electrons. The Morgan fingerprint density at radius 1 is 0.857 bits per heavy atom. The molecular weight excluding hydrogens is 176 g/mol. The van der Waals surface area contributed by atoms with Gasteiger partial charge in [0, 0.05) is 0 Å². The molecule has 2 atom stereocenters. The first-order chi connectivity index (χ1) is 6.41. The highest BCUT2D eigenvalue weighted by Gasteiger charge is 2.09. The van der Waals surface area contributed by atoms with Gasteiger partial charge in [0.15, 0.2) is 0 Å². The van der Waals surface area contributed by atoms with Crippen LogP contribution in [0.15, 0.2) is 0 Å². The van der Waals surface area contributed by atoms with Gasteiger partial charge in [-0.05, 0) is 40.0 Å². The molecule has 86 valence electrons. The van der Waals surface area contributed by atoms with Gasteiger partial charge in [0.25, 0.3) is 0 Å². The summed E-state index contributed by atoms with van der Waals surface area (Å²) in [5, 5.41) is 0. The molecule has 0 aromatic heterocycles. The smallest absolute Gasteiger partial charge is 0.0784 e. The molecule has 0 heterocycles. The van der Waals surface area contributed by atoms with E-state index in [2.05, 4.69) is 27.7 Å². The minimum absolute atomic E-state index is 0.199. The fourth-order valence-corrected chi connectivity index (χ4v) is 1.54. The number of rotatable bonds is 7. The topological polar surface area (TPSA) is 18.5 Å². The van der Waals surface area contributed by atoms with E-state index < -0.39 is 0 Å². The van der Waals surface area contributed by atoms with Gasteiger partial charge < -0.3 is 9.47 Å². The number of ether oxygens (including phenoxy) is 2. The third-order valence-corrected chi connectivity index (χ3v) is 1.92. The zero-order chi connectivity index (χ0) is 11.1. The maximum atomic E-state index is 5.69. The summed E-state index contributed by atoms with van der Waals surface area (Å²) < 4.78 is 11.3. The Hall–Kier alpha value is -0.0800. The highest BCUT2D eigenvalue weighted by molar-refractivity contribution is 4.56. The highest BCUT2D eigenvalue weighted by atomic mass is 16.5. The van der Waals surface area contributed by atoms with Gasteiger partial charge in [-0.3, -0.25) is 0 Å². The first-order valence-electron chi connectivity index (χ1n) is 5.68. The van der Waals surface area contributed by atoms with Crippen LogP contribution in [0.2, 0.25) is 0 Å². The highest BCUT2D eigenvalue weighted by Crippen LogP contribution is 2.08. The maximum Gasteiger partial charge on any atom is 0.0784 e. The molecule has 0 aromatic rings. The SMILES string of the molecule is CC(C)CC(C)OCC(C)OC(C)C. The second-order valence-corrected chi connectivity index (χ2v) is 4.77. The Balaban J connectivity index is 3.50. The van der Waals surface area contributed by atoms with Crippen LogP contribution < -0.4 is 0 Å². The van der Waals surface area contributed by atoms with Crippen LogP contribution >= 0.6 is 0 Å². The molecule has 0 amide bonds. The van der Waals surface area contributed by atoms with E-state index in [1.807, 2.05) is 13.8 Å². The summed E-state index contributed by atoms with van der Waals surface area (Å²) in [6, 6.07) is 0. The molecule has 0 aromatic carbocycles. The van der Waals surface area contributed by atoms with Gasteiger partial charge in [-0.2, -0.15) is 0 Å². The lowest BCUT2D eigenvalue weighted by atomic mass is 10.1. The van der Waals surface area contributed by atoms with Crippen molar-refractivity contribution in [1.29, 1.82) is 0 Å². The van der Waals surface area contributed by atoms with Gasteiger partial charge in [0.2, 0.25) is 0 Å². The zero-order valence-corrected chi connectivity index (χ0v) is 10.5. The van der Waals surface area contributed by atoms with Crippen molar-refractivity contribution in [2.45, 2.75) is 66.3 Å². The third kappa shape index (κ3) is 8.52. The predicted octanol–water partition coefficient (Wildman–Crippen LogP) is 3.25. The standard InChI is InChI=1S/C12H26O2/c1-9(2)7-11(5)13-8-12(6)14-10(3)4/h9-12H,7-8H2,1-6H3. The van der Waals surface area contributed by atoms with Crippen LogP contribution in [0.1, 0.15) is 48.0 Å². The Morgan fingerprint density at radius 3 is 1.86 bits per heavy atom. The molecule has 0 bridgehead atoms. The zero-order valence-electron chi connectivity index (χ0n) is 10.5. The summed E-state index contributed by atoms with van der Waals surface area (Å²) in [5.41, 5.74) is 0. The Bertz CT molecular complexity index is 116. The van der Waals surface area contributed by atoms with Crippen LogP contribution in [0.25, 0.3) is 0 Å². The number of hydrogen-bond donors (Lipinski definition) is 0. The molecule has 0 aliphatic heterocycles. The van der Waals surface area contributed by atoms with Crippen molar-refractivity contribution in [2.24, 2.45) is 5.92 Å². The molecule has 14 heavy (non-hydrogen) atoms. The largest absolute Gasteiger partial charge is 0.376 e. The molecule has 0 aliphatic rings. The second-order valence-electron chi connectivity index (χ2n) is 4.77. The lowest BCUT2D eigenvalue weighted by molar-refractivity contribution is -0.0567. The molecule has 2 unspecified atom stereocenters. The van der Waals surface area contributed by atoms with E-state index in [4.69, 9.17) is 9.47 Å². The van der Waals surface area contributed by atoms with Crippen LogP contribution in [-0.4, -0.2) is 24.9 Å². The molecule has 0 rings (SSSR count). The molecular formula is C12H26O2. The van der Waals surface area contributed by atoms with Crippen LogP contribution in [0.3, 0.4) is 0 Å². The van der Waals surface area contributed by atoms with Crippen molar-refractivity contribution in [2.75, 3.05) is 6.61 Å². The summed E-state index contributed by atoms with van der Waals surface area (Å²) in [4.78, 5) is 0. The summed E-state index contributed by atoms with van der Waals surface area (Å²) in [6.45, 7) is 13.4. The van der Waals surface area contributed by atoms with Crippen molar-refractivity contribution < 1.29 is 9.47 Å². The van der Waals surface area contributed by atoms with Gasteiger partial charge in [-0.25, -0.2) is 0 Å². The molecule has 0 N–H and O–H groups in total. The van der Waals surface area contributed by atoms with E-state index in [0.717, 1.165) is 6.42 Å². The molecule has 0 fully saturated rings. The third-order valence-electron chi connectivity index (χ3n) is 1.92. The van der Waals surface area contributed by atoms with Crippen molar-refractivity contribution in [1.82, 2.24) is 0 Å². The number of hydrogen-bond acceptors (Lipinski definition) is 2. The van der Waals surface area contributed by atoms with Crippen molar-refractivity contribution >= 4 is 0 Å². The minimum Gasteiger partial charge on any atom is -0.376 e. The Labute approximate surface area is 89.0 Å². The molecule has 0 spiro atoms. The van der Waals surface area contributed by atoms with Gasteiger partial charge in [0.05, 0.1) is 24.9 Å². The average molecular weight is 202 g/mol. The summed E-state index contributed by atoms with van der Waals surface area (Å²) in [7, 11) is 0. The first kappa shape index (κ1) is 13.9.